The minimum atomic E-state index is -0.464. The molecule has 170 valence electrons. The maximum Gasteiger partial charge on any atom is 0.231 e. The Bertz CT molecular complexity index is 1180. The molecule has 0 aliphatic carbocycles. The molecule has 3 aromatic rings. The Labute approximate surface area is 199 Å². The van der Waals surface area contributed by atoms with E-state index in [-0.39, 0.29) is 29.8 Å². The first-order chi connectivity index (χ1) is 15.9. The van der Waals surface area contributed by atoms with Crippen LogP contribution in [0, 0.1) is 12.8 Å². The van der Waals surface area contributed by atoms with Crippen LogP contribution >= 0.6 is 23.1 Å². The first kappa shape index (κ1) is 22.9. The summed E-state index contributed by atoms with van der Waals surface area (Å²) in [6.45, 7) is 2.27. The van der Waals surface area contributed by atoms with Crippen molar-refractivity contribution in [2.75, 3.05) is 29.6 Å². The Hall–Kier alpha value is -3.24. The number of aromatic nitrogens is 2. The van der Waals surface area contributed by atoms with Gasteiger partial charge in [0, 0.05) is 24.2 Å². The molecule has 0 radical (unpaired) electrons. The van der Waals surface area contributed by atoms with Crippen molar-refractivity contribution in [1.82, 2.24) is 10.2 Å². The summed E-state index contributed by atoms with van der Waals surface area (Å²) in [4.78, 5) is 39.2. The van der Waals surface area contributed by atoms with Crippen LogP contribution in [0.2, 0.25) is 0 Å². The van der Waals surface area contributed by atoms with Crippen molar-refractivity contribution in [3.05, 3.63) is 59.7 Å². The van der Waals surface area contributed by atoms with Gasteiger partial charge in [0.05, 0.1) is 18.8 Å². The Kier molecular flexibility index (Phi) is 7.05. The second kappa shape index (κ2) is 10.1. The first-order valence-electron chi connectivity index (χ1n) is 10.2. The van der Waals surface area contributed by atoms with E-state index in [2.05, 4.69) is 15.5 Å². The van der Waals surface area contributed by atoms with Gasteiger partial charge in [0.1, 0.15) is 5.75 Å². The number of Topliss-reactive ketones (excluding diaryl/α,β-unsaturated/α-hetero) is 1. The van der Waals surface area contributed by atoms with E-state index in [1.165, 1.54) is 23.1 Å². The van der Waals surface area contributed by atoms with E-state index in [0.717, 1.165) is 11.3 Å². The normalized spacial score (nSPS) is 15.5. The topological polar surface area (TPSA) is 101 Å². The third-order valence-corrected chi connectivity index (χ3v) is 7.25. The zero-order chi connectivity index (χ0) is 23.4. The molecular weight excluding hydrogens is 460 g/mol. The lowest BCUT2D eigenvalue weighted by Crippen LogP contribution is -2.28. The summed E-state index contributed by atoms with van der Waals surface area (Å²) in [6, 6.07) is 14.5. The highest BCUT2D eigenvalue weighted by atomic mass is 32.2. The average molecular weight is 483 g/mol. The summed E-state index contributed by atoms with van der Waals surface area (Å²) in [6.07, 6.45) is 0.150. The average Bonchev–Trinajstić information content (AvgIpc) is 3.44. The van der Waals surface area contributed by atoms with Crippen LogP contribution in [0.1, 0.15) is 22.3 Å². The van der Waals surface area contributed by atoms with Crippen molar-refractivity contribution in [2.45, 2.75) is 17.7 Å². The Morgan fingerprint density at radius 1 is 1.18 bits per heavy atom. The summed E-state index contributed by atoms with van der Waals surface area (Å²) in [5, 5.41) is 11.2. The number of benzene rings is 2. The summed E-state index contributed by atoms with van der Waals surface area (Å²) >= 11 is 2.47. The second-order valence-corrected chi connectivity index (χ2v) is 9.69. The molecule has 2 amide bonds. The minimum absolute atomic E-state index is 0.0378. The van der Waals surface area contributed by atoms with Gasteiger partial charge < -0.3 is 15.0 Å². The van der Waals surface area contributed by atoms with E-state index in [0.29, 0.717) is 27.3 Å². The van der Waals surface area contributed by atoms with Gasteiger partial charge in [0.15, 0.2) is 10.1 Å². The highest BCUT2D eigenvalue weighted by Gasteiger charge is 2.36. The van der Waals surface area contributed by atoms with Gasteiger partial charge in [0.25, 0.3) is 0 Å². The van der Waals surface area contributed by atoms with E-state index in [1.54, 1.807) is 36.3 Å². The summed E-state index contributed by atoms with van der Waals surface area (Å²) in [7, 11) is 1.57. The number of methoxy groups -OCH3 is 1. The number of nitrogens with one attached hydrogen (secondary N) is 1. The number of amides is 2. The van der Waals surface area contributed by atoms with Crippen LogP contribution in [0.15, 0.2) is 52.9 Å². The fourth-order valence-corrected chi connectivity index (χ4v) is 5.15. The minimum Gasteiger partial charge on any atom is -0.497 e. The van der Waals surface area contributed by atoms with E-state index in [9.17, 15) is 14.4 Å². The van der Waals surface area contributed by atoms with E-state index >= 15 is 0 Å². The molecule has 1 fully saturated rings. The van der Waals surface area contributed by atoms with Gasteiger partial charge in [-0.3, -0.25) is 14.4 Å². The monoisotopic (exact) mass is 482 g/mol. The summed E-state index contributed by atoms with van der Waals surface area (Å²) in [5.74, 6) is 0.0568. The molecule has 1 aliphatic rings. The van der Waals surface area contributed by atoms with Gasteiger partial charge in [-0.25, -0.2) is 0 Å². The molecule has 0 spiro atoms. The van der Waals surface area contributed by atoms with Gasteiger partial charge in [0.2, 0.25) is 16.9 Å². The number of rotatable bonds is 8. The molecule has 2 heterocycles. The standard InChI is InChI=1S/C23H22N4O4S2/c1-14-5-3-4-6-18(14)27-12-16(11-20(27)29)21(30)24-22-25-26-23(33-22)32-13-19(28)15-7-9-17(31-2)10-8-15/h3-10,16H,11-13H2,1-2H3,(H,24,25,30)/t16-/m1/s1. The molecule has 8 nitrogen and oxygen atoms in total. The van der Waals surface area contributed by atoms with Crippen molar-refractivity contribution >= 4 is 51.5 Å². The van der Waals surface area contributed by atoms with Gasteiger partial charge in [-0.1, -0.05) is 41.3 Å². The molecular formula is C23H22N4O4S2. The first-order valence-corrected chi connectivity index (χ1v) is 12.0. The maximum atomic E-state index is 12.7. The molecule has 0 unspecified atom stereocenters. The Morgan fingerprint density at radius 3 is 2.67 bits per heavy atom. The molecule has 1 N–H and O–H groups in total. The Morgan fingerprint density at radius 2 is 1.94 bits per heavy atom. The number of hydrogen-bond donors (Lipinski definition) is 1. The lowest BCUT2D eigenvalue weighted by Gasteiger charge is -2.18. The lowest BCUT2D eigenvalue weighted by atomic mass is 10.1. The van der Waals surface area contributed by atoms with Crippen molar-refractivity contribution < 1.29 is 19.1 Å². The van der Waals surface area contributed by atoms with Crippen LogP contribution in [0.4, 0.5) is 10.8 Å². The molecule has 2 aromatic carbocycles. The highest BCUT2D eigenvalue weighted by Crippen LogP contribution is 2.30. The summed E-state index contributed by atoms with van der Waals surface area (Å²) in [5.41, 5.74) is 2.40. The third kappa shape index (κ3) is 5.40. The van der Waals surface area contributed by atoms with Crippen molar-refractivity contribution in [3.8, 4) is 5.75 Å². The fourth-order valence-electron chi connectivity index (χ4n) is 3.50. The number of carbonyl (C=O) groups excluding carboxylic acids is 3. The van der Waals surface area contributed by atoms with Crippen LogP contribution in [0.3, 0.4) is 0 Å². The number of nitrogens with zero attached hydrogens (tertiary/aromatic N) is 3. The molecule has 1 saturated heterocycles. The van der Waals surface area contributed by atoms with Crippen molar-refractivity contribution in [2.24, 2.45) is 5.92 Å². The summed E-state index contributed by atoms with van der Waals surface area (Å²) < 4.78 is 5.68. The quantitative estimate of drug-likeness (QED) is 0.296. The molecule has 10 heteroatoms. The Balaban J connectivity index is 1.31. The number of ketones is 1. The zero-order valence-corrected chi connectivity index (χ0v) is 19.7. The van der Waals surface area contributed by atoms with Crippen LogP contribution < -0.4 is 15.0 Å². The number of ether oxygens (including phenoxy) is 1. The van der Waals surface area contributed by atoms with E-state index in [1.807, 2.05) is 31.2 Å². The number of hydrogen-bond acceptors (Lipinski definition) is 8. The number of para-hydroxylation sites is 1. The fraction of sp³-hybridized carbons (Fsp3) is 0.261. The van der Waals surface area contributed by atoms with Crippen LogP contribution in [0.25, 0.3) is 0 Å². The number of thioether (sulfide) groups is 1. The van der Waals surface area contributed by atoms with E-state index in [4.69, 9.17) is 4.74 Å². The van der Waals surface area contributed by atoms with Crippen molar-refractivity contribution in [3.63, 3.8) is 0 Å². The van der Waals surface area contributed by atoms with Gasteiger partial charge in [-0.15, -0.1) is 10.2 Å². The number of aryl methyl sites for hydroxylation is 1. The number of carbonyl (C=O) groups is 3. The number of anilines is 2. The van der Waals surface area contributed by atoms with Crippen LogP contribution in [-0.2, 0) is 9.59 Å². The maximum absolute atomic E-state index is 12.7. The van der Waals surface area contributed by atoms with Gasteiger partial charge in [-0.05, 0) is 42.8 Å². The van der Waals surface area contributed by atoms with Crippen LogP contribution in [0.5, 0.6) is 5.75 Å². The molecule has 0 bridgehead atoms. The highest BCUT2D eigenvalue weighted by molar-refractivity contribution is 8.01. The SMILES string of the molecule is COc1ccc(C(=O)CSc2nnc(NC(=O)[C@@H]3CC(=O)N(c4ccccc4C)C3)s2)cc1. The predicted octanol–water partition coefficient (Wildman–Crippen LogP) is 3.82. The van der Waals surface area contributed by atoms with Gasteiger partial charge >= 0.3 is 0 Å². The molecule has 1 aliphatic heterocycles. The van der Waals surface area contributed by atoms with Crippen LogP contribution in [-0.4, -0.2) is 47.2 Å². The molecule has 33 heavy (non-hydrogen) atoms. The third-order valence-electron chi connectivity index (χ3n) is 5.28. The van der Waals surface area contributed by atoms with E-state index < -0.39 is 5.92 Å². The predicted molar refractivity (Wildman–Crippen MR) is 128 cm³/mol. The smallest absolute Gasteiger partial charge is 0.231 e. The molecule has 1 aromatic heterocycles. The lowest BCUT2D eigenvalue weighted by molar-refractivity contribution is -0.122. The molecule has 1 atom stereocenters. The second-order valence-electron chi connectivity index (χ2n) is 7.49. The zero-order valence-electron chi connectivity index (χ0n) is 18.1. The largest absolute Gasteiger partial charge is 0.497 e. The van der Waals surface area contributed by atoms with Crippen molar-refractivity contribution in [1.29, 1.82) is 0 Å². The molecule has 0 saturated carbocycles. The van der Waals surface area contributed by atoms with Gasteiger partial charge in [-0.2, -0.15) is 0 Å². The molecule has 4 rings (SSSR count).